The first-order chi connectivity index (χ1) is 10.3. The van der Waals surface area contributed by atoms with Gasteiger partial charge in [0.2, 0.25) is 0 Å². The van der Waals surface area contributed by atoms with E-state index in [4.69, 9.17) is 10.7 Å². The first kappa shape index (κ1) is 16.1. The monoisotopic (exact) mass is 311 g/mol. The molecule has 0 aliphatic rings. The lowest BCUT2D eigenvalue weighted by molar-refractivity contribution is 0.971. The van der Waals surface area contributed by atoms with Crippen LogP contribution >= 0.6 is 12.4 Å². The number of nitrogens with two attached hydrogens (primary N) is 1. The molecule has 0 spiro atoms. The molecule has 1 heterocycles. The summed E-state index contributed by atoms with van der Waals surface area (Å²) in [5.74, 6) is 0.723. The van der Waals surface area contributed by atoms with Gasteiger partial charge in [0.1, 0.15) is 0 Å². The van der Waals surface area contributed by atoms with Crippen molar-refractivity contribution in [1.82, 2.24) is 9.97 Å². The van der Waals surface area contributed by atoms with Gasteiger partial charge in [0.25, 0.3) is 0 Å². The summed E-state index contributed by atoms with van der Waals surface area (Å²) in [6.45, 7) is 2.47. The summed E-state index contributed by atoms with van der Waals surface area (Å²) in [4.78, 5) is 9.25. The van der Waals surface area contributed by atoms with Gasteiger partial charge in [-0.3, -0.25) is 0 Å². The highest BCUT2D eigenvalue weighted by Crippen LogP contribution is 2.22. The Morgan fingerprint density at radius 1 is 0.864 bits per heavy atom. The van der Waals surface area contributed by atoms with Crippen molar-refractivity contribution < 1.29 is 0 Å². The Morgan fingerprint density at radius 2 is 1.59 bits per heavy atom. The minimum atomic E-state index is 0. The summed E-state index contributed by atoms with van der Waals surface area (Å²) in [7, 11) is 0. The van der Waals surface area contributed by atoms with Gasteiger partial charge >= 0.3 is 0 Å². The van der Waals surface area contributed by atoms with Crippen LogP contribution in [0.1, 0.15) is 11.3 Å². The molecule has 1 aromatic heterocycles. The summed E-state index contributed by atoms with van der Waals surface area (Å²) < 4.78 is 0. The van der Waals surface area contributed by atoms with Crippen LogP contribution < -0.4 is 5.73 Å². The Labute approximate surface area is 136 Å². The summed E-state index contributed by atoms with van der Waals surface area (Å²) in [6.07, 6.45) is 0. The summed E-state index contributed by atoms with van der Waals surface area (Å²) >= 11 is 0. The van der Waals surface area contributed by atoms with Crippen LogP contribution in [0.15, 0.2) is 60.7 Å². The van der Waals surface area contributed by atoms with E-state index in [1.54, 1.807) is 0 Å². The van der Waals surface area contributed by atoms with Crippen molar-refractivity contribution >= 4 is 12.4 Å². The normalized spacial score (nSPS) is 10.1. The quantitative estimate of drug-likeness (QED) is 0.795. The van der Waals surface area contributed by atoms with E-state index >= 15 is 0 Å². The van der Waals surface area contributed by atoms with Gasteiger partial charge in [0.05, 0.1) is 11.4 Å². The van der Waals surface area contributed by atoms with Gasteiger partial charge < -0.3 is 5.73 Å². The first-order valence-corrected chi connectivity index (χ1v) is 6.97. The molecule has 0 aliphatic heterocycles. The molecule has 0 saturated carbocycles. The van der Waals surface area contributed by atoms with Crippen molar-refractivity contribution in [3.8, 4) is 22.6 Å². The van der Waals surface area contributed by atoms with Gasteiger partial charge in [0.15, 0.2) is 5.82 Å². The highest BCUT2D eigenvalue weighted by atomic mass is 35.5. The molecule has 0 unspecified atom stereocenters. The molecule has 0 atom stereocenters. The molecule has 3 rings (SSSR count). The number of aromatic nitrogens is 2. The zero-order valence-corrected chi connectivity index (χ0v) is 13.2. The third-order valence-electron chi connectivity index (χ3n) is 3.33. The number of benzene rings is 2. The molecule has 3 aromatic rings. The van der Waals surface area contributed by atoms with Gasteiger partial charge in [-0.2, -0.15) is 0 Å². The van der Waals surface area contributed by atoms with Gasteiger partial charge in [-0.05, 0) is 19.1 Å². The maximum absolute atomic E-state index is 5.78. The predicted molar refractivity (Wildman–Crippen MR) is 92.8 cm³/mol. The van der Waals surface area contributed by atoms with Crippen molar-refractivity contribution in [2.45, 2.75) is 13.5 Å². The van der Waals surface area contributed by atoms with Crippen LogP contribution in [0, 0.1) is 6.92 Å². The molecule has 0 radical (unpaired) electrons. The van der Waals surface area contributed by atoms with Crippen LogP contribution in [0.2, 0.25) is 0 Å². The number of nitrogens with zero attached hydrogens (tertiary/aromatic N) is 2. The van der Waals surface area contributed by atoms with Crippen molar-refractivity contribution in [2.24, 2.45) is 5.73 Å². The number of halogens is 1. The Balaban J connectivity index is 0.00000176. The molecule has 0 aliphatic carbocycles. The van der Waals surface area contributed by atoms with Crippen molar-refractivity contribution in [2.75, 3.05) is 0 Å². The molecule has 112 valence electrons. The highest BCUT2D eigenvalue weighted by Gasteiger charge is 2.08. The topological polar surface area (TPSA) is 51.8 Å². The van der Waals surface area contributed by atoms with Crippen molar-refractivity contribution in [3.05, 3.63) is 71.9 Å². The fourth-order valence-corrected chi connectivity index (χ4v) is 2.27. The molecule has 4 heteroatoms. The fraction of sp³-hybridized carbons (Fsp3) is 0.111. The number of hydrogen-bond acceptors (Lipinski definition) is 3. The lowest BCUT2D eigenvalue weighted by Crippen LogP contribution is -2.03. The smallest absolute Gasteiger partial charge is 0.160 e. The SMILES string of the molecule is Cc1cccc(-c2nc(CN)cc(-c3ccccc3)n2)c1.Cl. The summed E-state index contributed by atoms with van der Waals surface area (Å²) in [5.41, 5.74) is 10.8. The molecule has 22 heavy (non-hydrogen) atoms. The van der Waals surface area contributed by atoms with Crippen molar-refractivity contribution in [1.29, 1.82) is 0 Å². The largest absolute Gasteiger partial charge is 0.325 e. The van der Waals surface area contributed by atoms with Crippen LogP contribution in [-0.4, -0.2) is 9.97 Å². The second kappa shape index (κ2) is 7.16. The van der Waals surface area contributed by atoms with Crippen LogP contribution in [0.3, 0.4) is 0 Å². The van der Waals surface area contributed by atoms with E-state index in [1.165, 1.54) is 5.56 Å². The number of hydrogen-bond donors (Lipinski definition) is 1. The Morgan fingerprint density at radius 3 is 2.27 bits per heavy atom. The Bertz CT molecular complexity index is 757. The Kier molecular flexibility index (Phi) is 5.26. The zero-order valence-electron chi connectivity index (χ0n) is 12.4. The van der Waals surface area contributed by atoms with Crippen LogP contribution in [0.25, 0.3) is 22.6 Å². The third-order valence-corrected chi connectivity index (χ3v) is 3.33. The standard InChI is InChI=1S/C18H17N3.ClH/c1-13-6-5-9-15(10-13)18-20-16(12-19)11-17(21-18)14-7-3-2-4-8-14;/h2-11H,12,19H2,1H3;1H. The van der Waals surface area contributed by atoms with E-state index in [0.717, 1.165) is 28.3 Å². The molecule has 2 aromatic carbocycles. The lowest BCUT2D eigenvalue weighted by atomic mass is 10.1. The minimum absolute atomic E-state index is 0. The van der Waals surface area contributed by atoms with Crippen LogP contribution in [-0.2, 0) is 6.54 Å². The number of aryl methyl sites for hydroxylation is 1. The van der Waals surface area contributed by atoms with Gasteiger partial charge in [-0.15, -0.1) is 12.4 Å². The second-order valence-corrected chi connectivity index (χ2v) is 5.01. The third kappa shape index (κ3) is 3.50. The van der Waals surface area contributed by atoms with Crippen LogP contribution in [0.4, 0.5) is 0 Å². The van der Waals surface area contributed by atoms with E-state index < -0.39 is 0 Å². The maximum Gasteiger partial charge on any atom is 0.160 e. The lowest BCUT2D eigenvalue weighted by Gasteiger charge is -2.08. The average Bonchev–Trinajstić information content (AvgIpc) is 2.55. The van der Waals surface area contributed by atoms with E-state index in [0.29, 0.717) is 6.54 Å². The van der Waals surface area contributed by atoms with E-state index in [-0.39, 0.29) is 12.4 Å². The predicted octanol–water partition coefficient (Wildman–Crippen LogP) is 4.00. The van der Waals surface area contributed by atoms with Crippen molar-refractivity contribution in [3.63, 3.8) is 0 Å². The molecule has 3 nitrogen and oxygen atoms in total. The second-order valence-electron chi connectivity index (χ2n) is 5.01. The van der Waals surface area contributed by atoms with E-state index in [1.807, 2.05) is 48.5 Å². The molecule has 2 N–H and O–H groups in total. The molecule has 0 saturated heterocycles. The average molecular weight is 312 g/mol. The van der Waals surface area contributed by atoms with E-state index in [9.17, 15) is 0 Å². The Hall–Kier alpha value is -2.23. The summed E-state index contributed by atoms with van der Waals surface area (Å²) in [6, 6.07) is 20.2. The first-order valence-electron chi connectivity index (χ1n) is 6.97. The molecule has 0 bridgehead atoms. The molecular weight excluding hydrogens is 294 g/mol. The van der Waals surface area contributed by atoms with Crippen LogP contribution in [0.5, 0.6) is 0 Å². The fourth-order valence-electron chi connectivity index (χ4n) is 2.27. The maximum atomic E-state index is 5.78. The highest BCUT2D eigenvalue weighted by molar-refractivity contribution is 5.85. The van der Waals surface area contributed by atoms with E-state index in [2.05, 4.69) is 24.0 Å². The molecule has 0 fully saturated rings. The van der Waals surface area contributed by atoms with Gasteiger partial charge in [-0.1, -0.05) is 54.1 Å². The zero-order chi connectivity index (χ0) is 14.7. The molecular formula is C18H18ClN3. The summed E-state index contributed by atoms with van der Waals surface area (Å²) in [5, 5.41) is 0. The number of rotatable bonds is 3. The van der Waals surface area contributed by atoms with Gasteiger partial charge in [0, 0.05) is 17.7 Å². The molecule has 0 amide bonds. The minimum Gasteiger partial charge on any atom is -0.325 e. The van der Waals surface area contributed by atoms with Gasteiger partial charge in [-0.25, -0.2) is 9.97 Å².